The molecule has 0 aliphatic rings. The van der Waals surface area contributed by atoms with Crippen LogP contribution in [-0.4, -0.2) is 16.8 Å². The summed E-state index contributed by atoms with van der Waals surface area (Å²) in [6.45, 7) is 9.53. The highest BCUT2D eigenvalue weighted by atomic mass is 35.5. The molecule has 18 heavy (non-hydrogen) atoms. The maximum absolute atomic E-state index is 6.19. The molecular formula is C13H20Cl2N2S. The molecule has 2 nitrogen and oxygen atoms in total. The normalized spacial score (nSPS) is 12.8. The number of halogens is 2. The summed E-state index contributed by atoms with van der Waals surface area (Å²) in [6, 6.07) is 1.77. The first-order valence-corrected chi connectivity index (χ1v) is 7.85. The van der Waals surface area contributed by atoms with Gasteiger partial charge in [0.1, 0.15) is 10.8 Å². The lowest BCUT2D eigenvalue weighted by Crippen LogP contribution is -2.07. The second-order valence-corrected chi connectivity index (χ2v) is 6.78. The Hall–Kier alpha value is -0.120. The van der Waals surface area contributed by atoms with Crippen LogP contribution in [0.2, 0.25) is 10.0 Å². The van der Waals surface area contributed by atoms with Crippen LogP contribution in [0.4, 0.5) is 5.82 Å². The van der Waals surface area contributed by atoms with Gasteiger partial charge < -0.3 is 5.32 Å². The van der Waals surface area contributed by atoms with Crippen molar-refractivity contribution in [2.75, 3.05) is 11.9 Å². The van der Waals surface area contributed by atoms with E-state index in [0.717, 1.165) is 23.8 Å². The maximum atomic E-state index is 6.19. The number of hydrogen-bond acceptors (Lipinski definition) is 3. The lowest BCUT2D eigenvalue weighted by Gasteiger charge is -2.16. The number of hydrogen-bond donors (Lipinski definition) is 1. The number of rotatable bonds is 6. The minimum atomic E-state index is 0.468. The highest BCUT2D eigenvalue weighted by molar-refractivity contribution is 8.00. The van der Waals surface area contributed by atoms with Gasteiger partial charge in [0, 0.05) is 11.8 Å². The van der Waals surface area contributed by atoms with Crippen molar-refractivity contribution in [1.82, 2.24) is 4.98 Å². The molecule has 1 unspecified atom stereocenters. The molecule has 0 saturated heterocycles. The van der Waals surface area contributed by atoms with Gasteiger partial charge in [-0.25, -0.2) is 4.98 Å². The van der Waals surface area contributed by atoms with E-state index in [1.54, 1.807) is 17.8 Å². The van der Waals surface area contributed by atoms with Crippen LogP contribution in [0.3, 0.4) is 0 Å². The van der Waals surface area contributed by atoms with E-state index in [4.69, 9.17) is 23.2 Å². The average Bonchev–Trinajstić information content (AvgIpc) is 2.30. The largest absolute Gasteiger partial charge is 0.369 e. The number of pyridine rings is 1. The molecule has 0 bridgehead atoms. The fraction of sp³-hybridized carbons (Fsp3) is 0.615. The van der Waals surface area contributed by atoms with Crippen LogP contribution in [0.5, 0.6) is 0 Å². The van der Waals surface area contributed by atoms with Crippen molar-refractivity contribution in [3.63, 3.8) is 0 Å². The number of anilines is 1. The second kappa shape index (κ2) is 7.46. The van der Waals surface area contributed by atoms with E-state index in [-0.39, 0.29) is 0 Å². The van der Waals surface area contributed by atoms with Crippen molar-refractivity contribution in [3.8, 4) is 0 Å². The van der Waals surface area contributed by atoms with Crippen LogP contribution in [0.1, 0.15) is 34.1 Å². The van der Waals surface area contributed by atoms with E-state index in [0.29, 0.717) is 21.2 Å². The Bertz CT molecular complexity index is 397. The zero-order chi connectivity index (χ0) is 13.7. The Morgan fingerprint density at radius 1 is 1.28 bits per heavy atom. The standard InChI is InChI=1S/C13H20Cl2N2S/c1-5-6-16-12-10(14)7-11(15)13(17-12)18-9(4)8(2)3/h7-9H,5-6H2,1-4H3,(H,16,17). The zero-order valence-electron chi connectivity index (χ0n) is 11.3. The summed E-state index contributed by atoms with van der Waals surface area (Å²) in [4.78, 5) is 4.52. The summed E-state index contributed by atoms with van der Waals surface area (Å²) in [5.41, 5.74) is 0. The number of aromatic nitrogens is 1. The zero-order valence-corrected chi connectivity index (χ0v) is 13.6. The summed E-state index contributed by atoms with van der Waals surface area (Å²) in [7, 11) is 0. The molecule has 5 heteroatoms. The summed E-state index contributed by atoms with van der Waals surface area (Å²) >= 11 is 14.0. The van der Waals surface area contributed by atoms with Gasteiger partial charge in [0.15, 0.2) is 0 Å². The van der Waals surface area contributed by atoms with Gasteiger partial charge in [0.2, 0.25) is 0 Å². The van der Waals surface area contributed by atoms with Gasteiger partial charge in [0.05, 0.1) is 10.0 Å². The summed E-state index contributed by atoms with van der Waals surface area (Å²) in [5.74, 6) is 1.30. The molecule has 1 aromatic rings. The SMILES string of the molecule is CCCNc1nc(SC(C)C(C)C)c(Cl)cc1Cl. The molecule has 0 fully saturated rings. The van der Waals surface area contributed by atoms with Crippen molar-refractivity contribution in [2.24, 2.45) is 5.92 Å². The van der Waals surface area contributed by atoms with E-state index in [1.807, 2.05) is 0 Å². The molecule has 0 aliphatic carbocycles. The molecule has 102 valence electrons. The number of nitrogens with one attached hydrogen (secondary N) is 1. The van der Waals surface area contributed by atoms with Crippen LogP contribution in [-0.2, 0) is 0 Å². The van der Waals surface area contributed by atoms with E-state index in [9.17, 15) is 0 Å². The van der Waals surface area contributed by atoms with E-state index < -0.39 is 0 Å². The van der Waals surface area contributed by atoms with Crippen LogP contribution in [0.15, 0.2) is 11.1 Å². The molecule has 0 aromatic carbocycles. The van der Waals surface area contributed by atoms with Crippen LogP contribution in [0.25, 0.3) is 0 Å². The Morgan fingerprint density at radius 3 is 2.50 bits per heavy atom. The number of thioether (sulfide) groups is 1. The number of nitrogens with zero attached hydrogens (tertiary/aromatic N) is 1. The maximum Gasteiger partial charge on any atom is 0.146 e. The third-order valence-corrected chi connectivity index (χ3v) is 4.81. The first-order chi connectivity index (χ1) is 8.45. The van der Waals surface area contributed by atoms with Crippen molar-refractivity contribution in [3.05, 3.63) is 16.1 Å². The van der Waals surface area contributed by atoms with Crippen LogP contribution < -0.4 is 5.32 Å². The van der Waals surface area contributed by atoms with Crippen molar-refractivity contribution < 1.29 is 0 Å². The van der Waals surface area contributed by atoms with Gasteiger partial charge in [-0.1, -0.05) is 50.9 Å². The predicted octanol–water partition coefficient (Wildman–Crippen LogP) is 5.35. The molecule has 0 amide bonds. The third kappa shape index (κ3) is 4.52. The van der Waals surface area contributed by atoms with Crippen LogP contribution >= 0.6 is 35.0 Å². The van der Waals surface area contributed by atoms with Gasteiger partial charge in [-0.15, -0.1) is 11.8 Å². The molecule has 0 radical (unpaired) electrons. The minimum absolute atomic E-state index is 0.468. The van der Waals surface area contributed by atoms with Gasteiger partial charge >= 0.3 is 0 Å². The van der Waals surface area contributed by atoms with Crippen LogP contribution in [0, 0.1) is 5.92 Å². The fourth-order valence-electron chi connectivity index (χ4n) is 1.21. The van der Waals surface area contributed by atoms with Gasteiger partial charge in [-0.3, -0.25) is 0 Å². The van der Waals surface area contributed by atoms with E-state index in [2.05, 4.69) is 38.0 Å². The molecular weight excluding hydrogens is 287 g/mol. The molecule has 0 spiro atoms. The average molecular weight is 307 g/mol. The molecule has 1 rings (SSSR count). The summed E-state index contributed by atoms with van der Waals surface area (Å²) in [5, 5.41) is 5.74. The lowest BCUT2D eigenvalue weighted by atomic mass is 10.2. The van der Waals surface area contributed by atoms with Crippen molar-refractivity contribution >= 4 is 40.8 Å². The Kier molecular flexibility index (Phi) is 6.61. The van der Waals surface area contributed by atoms with Crippen molar-refractivity contribution in [2.45, 2.75) is 44.4 Å². The monoisotopic (exact) mass is 306 g/mol. The Balaban J connectivity index is 2.90. The molecule has 0 saturated carbocycles. The van der Waals surface area contributed by atoms with Gasteiger partial charge in [0.25, 0.3) is 0 Å². The van der Waals surface area contributed by atoms with E-state index in [1.165, 1.54) is 0 Å². The Labute approximate surface area is 124 Å². The van der Waals surface area contributed by atoms with Crippen molar-refractivity contribution in [1.29, 1.82) is 0 Å². The molecule has 1 aromatic heterocycles. The minimum Gasteiger partial charge on any atom is -0.369 e. The predicted molar refractivity (Wildman–Crippen MR) is 83.2 cm³/mol. The molecule has 0 aliphatic heterocycles. The molecule has 1 N–H and O–H groups in total. The molecule has 1 atom stereocenters. The highest BCUT2D eigenvalue weighted by Gasteiger charge is 2.15. The first-order valence-electron chi connectivity index (χ1n) is 6.22. The summed E-state index contributed by atoms with van der Waals surface area (Å²) in [6.07, 6.45) is 1.03. The second-order valence-electron chi connectivity index (χ2n) is 4.60. The molecule has 1 heterocycles. The smallest absolute Gasteiger partial charge is 0.146 e. The topological polar surface area (TPSA) is 24.9 Å². The lowest BCUT2D eigenvalue weighted by molar-refractivity contribution is 0.641. The summed E-state index contributed by atoms with van der Waals surface area (Å²) < 4.78 is 0. The van der Waals surface area contributed by atoms with Gasteiger partial charge in [-0.2, -0.15) is 0 Å². The third-order valence-electron chi connectivity index (χ3n) is 2.68. The van der Waals surface area contributed by atoms with E-state index >= 15 is 0 Å². The highest BCUT2D eigenvalue weighted by Crippen LogP contribution is 2.35. The first kappa shape index (κ1) is 15.9. The Morgan fingerprint density at radius 2 is 1.94 bits per heavy atom. The fourth-order valence-corrected chi connectivity index (χ4v) is 2.71. The van der Waals surface area contributed by atoms with Gasteiger partial charge in [-0.05, 0) is 18.4 Å². The quantitative estimate of drug-likeness (QED) is 0.717.